The minimum atomic E-state index is -0.0260. The Labute approximate surface area is 92.6 Å². The molecule has 1 aliphatic carbocycles. The second-order valence-electron chi connectivity index (χ2n) is 4.11. The first kappa shape index (κ1) is 11.7. The van der Waals surface area contributed by atoms with Crippen LogP contribution in [0.3, 0.4) is 0 Å². The maximum absolute atomic E-state index is 4.16. The second kappa shape index (κ2) is 4.43. The first-order chi connectivity index (χ1) is 7.06. The Bertz CT molecular complexity index is 358. The molecule has 80 valence electrons. The highest BCUT2D eigenvalue weighted by atomic mass is 14.7. The fourth-order valence-electron chi connectivity index (χ4n) is 1.99. The Morgan fingerprint density at radius 3 is 2.73 bits per heavy atom. The zero-order chi connectivity index (χ0) is 11.5. The lowest BCUT2D eigenvalue weighted by atomic mass is 9.69. The van der Waals surface area contributed by atoms with Gasteiger partial charge in [0.15, 0.2) is 0 Å². The average molecular weight is 201 g/mol. The molecular weight excluding hydrogens is 182 g/mol. The molecule has 0 amide bonds. The molecule has 15 heavy (non-hydrogen) atoms. The minimum absolute atomic E-state index is 0.0260. The van der Waals surface area contributed by atoms with Crippen molar-refractivity contribution < 1.29 is 0 Å². The summed E-state index contributed by atoms with van der Waals surface area (Å²) in [7, 11) is 0. The van der Waals surface area contributed by atoms with Crippen LogP contribution < -0.4 is 0 Å². The standard InChI is InChI=1S/C14H19N/c1-6-11(2)14(4)10-8-7-9-13(14)12(3)15-5/h7-9H,2-3,5-6,10H2,1,4H3. The van der Waals surface area contributed by atoms with Crippen LogP contribution in [0.15, 0.2) is 53.2 Å². The summed E-state index contributed by atoms with van der Waals surface area (Å²) in [6.07, 6.45) is 8.24. The van der Waals surface area contributed by atoms with Crippen molar-refractivity contribution in [1.82, 2.24) is 0 Å². The molecule has 0 saturated carbocycles. The summed E-state index contributed by atoms with van der Waals surface area (Å²) in [6.45, 7) is 16.0. The fourth-order valence-corrected chi connectivity index (χ4v) is 1.99. The van der Waals surface area contributed by atoms with Crippen LogP contribution in [0.1, 0.15) is 26.7 Å². The highest BCUT2D eigenvalue weighted by Gasteiger charge is 2.32. The van der Waals surface area contributed by atoms with Crippen molar-refractivity contribution >= 4 is 6.72 Å². The molecule has 1 unspecified atom stereocenters. The van der Waals surface area contributed by atoms with Gasteiger partial charge in [-0.1, -0.05) is 50.8 Å². The van der Waals surface area contributed by atoms with Crippen molar-refractivity contribution in [2.45, 2.75) is 26.7 Å². The quantitative estimate of drug-likeness (QED) is 0.480. The third kappa shape index (κ3) is 2.01. The summed E-state index contributed by atoms with van der Waals surface area (Å²) < 4.78 is 0. The molecule has 0 heterocycles. The SMILES string of the molecule is C=NC(=C)C1=CC=CCC1(C)C(=C)CC. The molecule has 1 aliphatic rings. The first-order valence-corrected chi connectivity index (χ1v) is 5.27. The number of hydrogen-bond acceptors (Lipinski definition) is 1. The van der Waals surface area contributed by atoms with Gasteiger partial charge in [-0.25, -0.2) is 0 Å². The molecule has 0 saturated heterocycles. The third-order valence-corrected chi connectivity index (χ3v) is 3.23. The molecule has 0 spiro atoms. The van der Waals surface area contributed by atoms with E-state index in [1.165, 1.54) is 5.57 Å². The van der Waals surface area contributed by atoms with Crippen LogP contribution in [0.5, 0.6) is 0 Å². The minimum Gasteiger partial charge on any atom is -0.265 e. The maximum atomic E-state index is 4.16. The van der Waals surface area contributed by atoms with Gasteiger partial charge in [-0.3, -0.25) is 4.99 Å². The van der Waals surface area contributed by atoms with Crippen LogP contribution >= 0.6 is 0 Å². The first-order valence-electron chi connectivity index (χ1n) is 5.27. The number of hydrogen-bond donors (Lipinski definition) is 0. The van der Waals surface area contributed by atoms with Crippen LogP contribution in [0.25, 0.3) is 0 Å². The maximum Gasteiger partial charge on any atom is 0.0591 e. The van der Waals surface area contributed by atoms with Crippen molar-refractivity contribution in [1.29, 1.82) is 0 Å². The zero-order valence-corrected chi connectivity index (χ0v) is 9.71. The molecule has 1 atom stereocenters. The predicted molar refractivity (Wildman–Crippen MR) is 68.1 cm³/mol. The molecule has 0 bridgehead atoms. The Morgan fingerprint density at radius 1 is 1.53 bits per heavy atom. The monoisotopic (exact) mass is 201 g/mol. The third-order valence-electron chi connectivity index (χ3n) is 3.23. The number of aliphatic imine (C=N–C) groups is 1. The summed E-state index contributed by atoms with van der Waals surface area (Å²) in [5.74, 6) is 0. The van der Waals surface area contributed by atoms with E-state index >= 15 is 0 Å². The van der Waals surface area contributed by atoms with Gasteiger partial charge < -0.3 is 0 Å². The van der Waals surface area contributed by atoms with E-state index < -0.39 is 0 Å². The van der Waals surface area contributed by atoms with Crippen LogP contribution in [0.2, 0.25) is 0 Å². The van der Waals surface area contributed by atoms with Crippen molar-refractivity contribution in [3.05, 3.63) is 48.2 Å². The van der Waals surface area contributed by atoms with Gasteiger partial charge in [-0.2, -0.15) is 0 Å². The van der Waals surface area contributed by atoms with Crippen LogP contribution in [-0.4, -0.2) is 6.72 Å². The van der Waals surface area contributed by atoms with Crippen molar-refractivity contribution in [2.75, 3.05) is 0 Å². The fraction of sp³-hybridized carbons (Fsp3) is 0.357. The predicted octanol–water partition coefficient (Wildman–Crippen LogP) is 4.06. The highest BCUT2D eigenvalue weighted by molar-refractivity contribution is 5.47. The molecule has 1 heteroatoms. The molecule has 0 aromatic heterocycles. The van der Waals surface area contributed by atoms with Gasteiger partial charge in [0.1, 0.15) is 0 Å². The highest BCUT2D eigenvalue weighted by Crippen LogP contribution is 2.44. The van der Waals surface area contributed by atoms with E-state index in [-0.39, 0.29) is 5.41 Å². The number of allylic oxidation sites excluding steroid dienone is 5. The number of rotatable bonds is 4. The molecule has 1 nitrogen and oxygen atoms in total. The van der Waals surface area contributed by atoms with Gasteiger partial charge in [0.05, 0.1) is 5.70 Å². The molecule has 0 N–H and O–H groups in total. The van der Waals surface area contributed by atoms with E-state index in [4.69, 9.17) is 0 Å². The second-order valence-corrected chi connectivity index (χ2v) is 4.11. The van der Waals surface area contributed by atoms with Crippen molar-refractivity contribution in [3.63, 3.8) is 0 Å². The van der Waals surface area contributed by atoms with Gasteiger partial charge in [0.25, 0.3) is 0 Å². The molecule has 0 fully saturated rings. The molecule has 1 rings (SSSR count). The topological polar surface area (TPSA) is 12.4 Å². The van der Waals surface area contributed by atoms with Gasteiger partial charge in [0.2, 0.25) is 0 Å². The lowest BCUT2D eigenvalue weighted by molar-refractivity contribution is 0.474. The molecule has 0 radical (unpaired) electrons. The van der Waals surface area contributed by atoms with Gasteiger partial charge in [-0.05, 0) is 25.1 Å². The smallest absolute Gasteiger partial charge is 0.0591 e. The van der Waals surface area contributed by atoms with Crippen molar-refractivity contribution in [3.8, 4) is 0 Å². The molecule has 0 aliphatic heterocycles. The lowest BCUT2D eigenvalue weighted by Crippen LogP contribution is -2.23. The van der Waals surface area contributed by atoms with E-state index in [0.29, 0.717) is 0 Å². The molecular formula is C14H19N. The Kier molecular flexibility index (Phi) is 3.46. The number of nitrogens with zero attached hydrogens (tertiary/aromatic N) is 1. The van der Waals surface area contributed by atoms with Crippen LogP contribution in [0, 0.1) is 5.41 Å². The van der Waals surface area contributed by atoms with E-state index in [1.54, 1.807) is 0 Å². The zero-order valence-electron chi connectivity index (χ0n) is 9.71. The van der Waals surface area contributed by atoms with Gasteiger partial charge in [-0.15, -0.1) is 0 Å². The van der Waals surface area contributed by atoms with E-state index in [9.17, 15) is 0 Å². The van der Waals surface area contributed by atoms with E-state index in [1.807, 2.05) is 0 Å². The largest absolute Gasteiger partial charge is 0.265 e. The normalized spacial score (nSPS) is 24.5. The van der Waals surface area contributed by atoms with Crippen LogP contribution in [-0.2, 0) is 0 Å². The van der Waals surface area contributed by atoms with E-state index in [2.05, 4.69) is 56.9 Å². The Hall–Kier alpha value is -1.37. The summed E-state index contributed by atoms with van der Waals surface area (Å²) in [6, 6.07) is 0. The van der Waals surface area contributed by atoms with Gasteiger partial charge in [0, 0.05) is 5.41 Å². The summed E-state index contributed by atoms with van der Waals surface area (Å²) in [5, 5.41) is 0. The van der Waals surface area contributed by atoms with E-state index in [0.717, 1.165) is 24.1 Å². The molecule has 0 aromatic rings. The Morgan fingerprint density at radius 2 is 2.20 bits per heavy atom. The average Bonchev–Trinajstić information content (AvgIpc) is 2.27. The Balaban J connectivity index is 3.14. The van der Waals surface area contributed by atoms with Crippen molar-refractivity contribution in [2.24, 2.45) is 10.4 Å². The summed E-state index contributed by atoms with van der Waals surface area (Å²) >= 11 is 0. The van der Waals surface area contributed by atoms with Crippen LogP contribution in [0.4, 0.5) is 0 Å². The molecule has 0 aromatic carbocycles. The lowest BCUT2D eigenvalue weighted by Gasteiger charge is -2.35. The summed E-state index contributed by atoms with van der Waals surface area (Å²) in [4.78, 5) is 3.94. The van der Waals surface area contributed by atoms with Gasteiger partial charge >= 0.3 is 0 Å². The summed E-state index contributed by atoms with van der Waals surface area (Å²) in [5.41, 5.74) is 3.10.